The fourth-order valence-corrected chi connectivity index (χ4v) is 6.38. The van der Waals surface area contributed by atoms with Gasteiger partial charge in [0.25, 0.3) is 5.91 Å². The summed E-state index contributed by atoms with van der Waals surface area (Å²) in [7, 11) is 0. The molecule has 1 saturated heterocycles. The van der Waals surface area contributed by atoms with Crippen LogP contribution in [0.1, 0.15) is 22.3 Å². The molecule has 9 heteroatoms. The van der Waals surface area contributed by atoms with E-state index in [-0.39, 0.29) is 40.0 Å². The molecule has 0 radical (unpaired) electrons. The molecule has 6 atom stereocenters. The van der Waals surface area contributed by atoms with E-state index in [1.165, 1.54) is 29.2 Å². The Morgan fingerprint density at radius 3 is 2.21 bits per heavy atom. The smallest absolute Gasteiger partial charge is 0.338 e. The largest absolute Gasteiger partial charge is 0.452 e. The van der Waals surface area contributed by atoms with Gasteiger partial charge in [-0.25, -0.2) is 4.79 Å². The van der Waals surface area contributed by atoms with Gasteiger partial charge in [0.1, 0.15) is 0 Å². The summed E-state index contributed by atoms with van der Waals surface area (Å²) in [4.78, 5) is 51.8. The molecule has 2 bridgehead atoms. The summed E-state index contributed by atoms with van der Waals surface area (Å²) in [6.07, 6.45) is 0.700. The molecule has 2 saturated carbocycles. The van der Waals surface area contributed by atoms with Crippen LogP contribution in [-0.2, 0) is 19.1 Å². The number of esters is 1. The Kier molecular flexibility index (Phi) is 5.86. The first kappa shape index (κ1) is 22.9. The second-order valence-corrected chi connectivity index (χ2v) is 10.1. The lowest BCUT2D eigenvalue weighted by atomic mass is 9.80. The number of imide groups is 1. The van der Waals surface area contributed by atoms with E-state index < -0.39 is 30.3 Å². The van der Waals surface area contributed by atoms with Crippen molar-refractivity contribution in [2.45, 2.75) is 24.1 Å². The van der Waals surface area contributed by atoms with Gasteiger partial charge in [0.2, 0.25) is 11.8 Å². The number of carbonyl (C=O) groups is 4. The van der Waals surface area contributed by atoms with Crippen LogP contribution in [0.2, 0.25) is 0 Å². The molecule has 2 aromatic carbocycles. The van der Waals surface area contributed by atoms with Gasteiger partial charge in [0.15, 0.2) is 6.61 Å². The van der Waals surface area contributed by atoms with Crippen molar-refractivity contribution >= 4 is 58.3 Å². The number of hydrogen-bond acceptors (Lipinski definition) is 5. The van der Waals surface area contributed by atoms with Crippen LogP contribution in [-0.4, -0.2) is 41.1 Å². The molecule has 176 valence electrons. The highest BCUT2D eigenvalue weighted by molar-refractivity contribution is 6.32. The Hall–Kier alpha value is -2.90. The summed E-state index contributed by atoms with van der Waals surface area (Å²) in [6.45, 7) is 1.46. The molecule has 34 heavy (non-hydrogen) atoms. The van der Waals surface area contributed by atoms with Crippen LogP contribution in [0.5, 0.6) is 0 Å². The van der Waals surface area contributed by atoms with E-state index in [1.54, 1.807) is 12.1 Å². The number of rotatable bonds is 5. The quantitative estimate of drug-likeness (QED) is 0.383. The maximum absolute atomic E-state index is 13.1. The third kappa shape index (κ3) is 3.77. The van der Waals surface area contributed by atoms with Gasteiger partial charge in [-0.1, -0.05) is 12.1 Å². The second kappa shape index (κ2) is 8.71. The van der Waals surface area contributed by atoms with Crippen molar-refractivity contribution < 1.29 is 23.9 Å². The zero-order valence-electron chi connectivity index (χ0n) is 18.2. The maximum atomic E-state index is 13.1. The standard InChI is InChI=1S/C25H22Cl2N2O5/c1-12-3-2-4-14(9-12)28-18(30)11-34-25(33)13-5-7-15(8-6-13)29-23(31)19-16-10-17(20(19)24(29)32)22(27)21(16)26/h2-9,16-17,19-22H,10-11H2,1H3,(H,28,30)/t16-,17-,19-,20-,21+,22+/m1/s1. The van der Waals surface area contributed by atoms with Crippen LogP contribution in [0.25, 0.3) is 0 Å². The van der Waals surface area contributed by atoms with Crippen LogP contribution in [0.15, 0.2) is 48.5 Å². The van der Waals surface area contributed by atoms with Gasteiger partial charge in [-0.05, 0) is 67.1 Å². The molecule has 0 spiro atoms. The van der Waals surface area contributed by atoms with E-state index in [9.17, 15) is 19.2 Å². The normalized spacial score (nSPS) is 29.3. The van der Waals surface area contributed by atoms with Gasteiger partial charge in [0, 0.05) is 5.69 Å². The number of ether oxygens (including phenoxy) is 1. The SMILES string of the molecule is Cc1cccc(NC(=O)COC(=O)c2ccc(N3C(=O)[C@@H]4[C@H]5C[C@@H]([C@H](Cl)[C@H]5Cl)[C@H]4C3=O)cc2)c1. The molecule has 3 fully saturated rings. The van der Waals surface area contributed by atoms with Crippen LogP contribution in [0, 0.1) is 30.6 Å². The summed E-state index contributed by atoms with van der Waals surface area (Å²) in [6, 6.07) is 13.3. The Bertz CT molecular complexity index is 1150. The summed E-state index contributed by atoms with van der Waals surface area (Å²) in [5.74, 6) is -2.74. The lowest BCUT2D eigenvalue weighted by Crippen LogP contribution is -2.37. The molecule has 1 N–H and O–H groups in total. The van der Waals surface area contributed by atoms with E-state index in [0.29, 0.717) is 17.8 Å². The van der Waals surface area contributed by atoms with Crippen LogP contribution < -0.4 is 10.2 Å². The Labute approximate surface area is 206 Å². The zero-order chi connectivity index (χ0) is 24.1. The van der Waals surface area contributed by atoms with Crippen molar-refractivity contribution in [2.75, 3.05) is 16.8 Å². The summed E-state index contributed by atoms with van der Waals surface area (Å²) in [5.41, 5.74) is 2.19. The minimum Gasteiger partial charge on any atom is -0.452 e. The van der Waals surface area contributed by atoms with Gasteiger partial charge < -0.3 is 10.1 Å². The predicted molar refractivity (Wildman–Crippen MR) is 127 cm³/mol. The fourth-order valence-electron chi connectivity index (χ4n) is 5.48. The van der Waals surface area contributed by atoms with E-state index in [4.69, 9.17) is 27.9 Å². The second-order valence-electron chi connectivity index (χ2n) is 9.06. The molecule has 3 amide bonds. The summed E-state index contributed by atoms with van der Waals surface area (Å²) < 4.78 is 5.09. The highest BCUT2D eigenvalue weighted by Crippen LogP contribution is 2.59. The number of fused-ring (bicyclic) bond motifs is 5. The number of nitrogens with zero attached hydrogens (tertiary/aromatic N) is 1. The number of nitrogens with one attached hydrogen (secondary N) is 1. The van der Waals surface area contributed by atoms with Crippen molar-refractivity contribution in [1.29, 1.82) is 0 Å². The summed E-state index contributed by atoms with van der Waals surface area (Å²) >= 11 is 12.8. The topological polar surface area (TPSA) is 92.8 Å². The summed E-state index contributed by atoms with van der Waals surface area (Å²) in [5, 5.41) is 2.04. The monoisotopic (exact) mass is 500 g/mol. The number of benzene rings is 2. The Morgan fingerprint density at radius 2 is 1.62 bits per heavy atom. The number of carbonyl (C=O) groups excluding carboxylic acids is 4. The highest BCUT2D eigenvalue weighted by atomic mass is 35.5. The lowest BCUT2D eigenvalue weighted by Gasteiger charge is -2.28. The van der Waals surface area contributed by atoms with Gasteiger partial charge >= 0.3 is 5.97 Å². The molecule has 0 unspecified atom stereocenters. The third-order valence-corrected chi connectivity index (χ3v) is 8.30. The van der Waals surface area contributed by atoms with E-state index in [0.717, 1.165) is 5.56 Å². The van der Waals surface area contributed by atoms with Crippen molar-refractivity contribution in [3.05, 3.63) is 59.7 Å². The van der Waals surface area contributed by atoms with E-state index >= 15 is 0 Å². The Morgan fingerprint density at radius 1 is 1.00 bits per heavy atom. The van der Waals surface area contributed by atoms with Crippen molar-refractivity contribution in [3.8, 4) is 0 Å². The molecular formula is C25H22Cl2N2O5. The molecule has 1 aliphatic heterocycles. The number of hydrogen-bond donors (Lipinski definition) is 1. The molecule has 2 aromatic rings. The van der Waals surface area contributed by atoms with Crippen LogP contribution in [0.3, 0.4) is 0 Å². The molecule has 7 nitrogen and oxygen atoms in total. The first-order valence-corrected chi connectivity index (χ1v) is 11.9. The van der Waals surface area contributed by atoms with Crippen molar-refractivity contribution in [1.82, 2.24) is 0 Å². The first-order chi connectivity index (χ1) is 16.3. The lowest BCUT2D eigenvalue weighted by molar-refractivity contribution is -0.123. The molecule has 0 aromatic heterocycles. The average Bonchev–Trinajstić information content (AvgIpc) is 3.42. The van der Waals surface area contributed by atoms with E-state index in [2.05, 4.69) is 5.32 Å². The number of alkyl halides is 2. The van der Waals surface area contributed by atoms with Gasteiger partial charge in [-0.2, -0.15) is 0 Å². The number of amides is 3. The maximum Gasteiger partial charge on any atom is 0.338 e. The number of anilines is 2. The van der Waals surface area contributed by atoms with Crippen molar-refractivity contribution in [2.24, 2.45) is 23.7 Å². The first-order valence-electron chi connectivity index (χ1n) is 11.1. The van der Waals surface area contributed by atoms with Crippen LogP contribution >= 0.6 is 23.2 Å². The van der Waals surface area contributed by atoms with Gasteiger partial charge in [-0.15, -0.1) is 23.2 Å². The van der Waals surface area contributed by atoms with Crippen molar-refractivity contribution in [3.63, 3.8) is 0 Å². The zero-order valence-corrected chi connectivity index (χ0v) is 19.8. The highest BCUT2D eigenvalue weighted by Gasteiger charge is 2.66. The molecule has 2 aliphatic carbocycles. The third-order valence-electron chi connectivity index (χ3n) is 6.98. The van der Waals surface area contributed by atoms with Crippen LogP contribution in [0.4, 0.5) is 11.4 Å². The number of aryl methyl sites for hydroxylation is 1. The minimum absolute atomic E-state index is 0.0965. The number of halogens is 2. The van der Waals surface area contributed by atoms with Gasteiger partial charge in [-0.3, -0.25) is 19.3 Å². The Balaban J connectivity index is 1.22. The molecule has 3 aliphatic rings. The molecule has 5 rings (SSSR count). The molecule has 1 heterocycles. The van der Waals surface area contributed by atoms with Gasteiger partial charge in [0.05, 0.1) is 33.8 Å². The fraction of sp³-hybridized carbons (Fsp3) is 0.360. The average molecular weight is 501 g/mol. The molecular weight excluding hydrogens is 479 g/mol. The minimum atomic E-state index is -0.685. The van der Waals surface area contributed by atoms with E-state index in [1.807, 2.05) is 19.1 Å². The predicted octanol–water partition coefficient (Wildman–Crippen LogP) is 3.76.